The van der Waals surface area contributed by atoms with Gasteiger partial charge in [0.05, 0.1) is 11.3 Å². The number of amides is 1. The van der Waals surface area contributed by atoms with Gasteiger partial charge in [0.2, 0.25) is 0 Å². The largest absolute Gasteiger partial charge is 0.353 e. The zero-order chi connectivity index (χ0) is 19.0. The fourth-order valence-electron chi connectivity index (χ4n) is 3.20. The summed E-state index contributed by atoms with van der Waals surface area (Å²) in [5, 5.41) is 0. The van der Waals surface area contributed by atoms with Crippen molar-refractivity contribution in [1.29, 1.82) is 0 Å². The Kier molecular flexibility index (Phi) is 4.77. The van der Waals surface area contributed by atoms with E-state index >= 15 is 0 Å². The Labute approximate surface area is 166 Å². The predicted octanol–water partition coefficient (Wildman–Crippen LogP) is 0.990. The number of hydrogen-bond donors (Lipinski definition) is 0. The second-order valence-electron chi connectivity index (χ2n) is 6.46. The topological polar surface area (TPSA) is 86.2 Å². The Bertz CT molecular complexity index is 947. The van der Waals surface area contributed by atoms with Gasteiger partial charge < -0.3 is 14.7 Å². The summed E-state index contributed by atoms with van der Waals surface area (Å²) in [6, 6.07) is 3.91. The van der Waals surface area contributed by atoms with Crippen molar-refractivity contribution in [2.45, 2.75) is 0 Å². The molecule has 4 rings (SSSR count). The van der Waals surface area contributed by atoms with Gasteiger partial charge in [-0.25, -0.2) is 13.4 Å². The third-order valence-electron chi connectivity index (χ3n) is 4.67. The molecule has 0 bridgehead atoms. The van der Waals surface area contributed by atoms with Crippen LogP contribution >= 0.6 is 15.9 Å². The third kappa shape index (κ3) is 3.91. The molecule has 0 radical (unpaired) electrons. The van der Waals surface area contributed by atoms with E-state index in [9.17, 15) is 13.2 Å². The molecule has 0 saturated carbocycles. The van der Waals surface area contributed by atoms with Gasteiger partial charge in [0, 0.05) is 49.6 Å². The summed E-state index contributed by atoms with van der Waals surface area (Å²) >= 11 is 3.38. The number of pyridine rings is 1. The molecule has 3 aliphatic rings. The SMILES string of the molecule is O=C(C1=CN2CCS(=O)(=O)N=C2C=C1)N1CCN(c2ccc(Br)cn2)CC1. The van der Waals surface area contributed by atoms with Crippen molar-refractivity contribution in [1.82, 2.24) is 14.8 Å². The van der Waals surface area contributed by atoms with Gasteiger partial charge in [-0.15, -0.1) is 4.40 Å². The molecule has 0 unspecified atom stereocenters. The van der Waals surface area contributed by atoms with E-state index in [-0.39, 0.29) is 11.7 Å². The number of carbonyl (C=O) groups is 1. The van der Waals surface area contributed by atoms with Crippen LogP contribution in [0.5, 0.6) is 0 Å². The molecule has 1 amide bonds. The van der Waals surface area contributed by atoms with Gasteiger partial charge in [-0.2, -0.15) is 0 Å². The fraction of sp³-hybridized carbons (Fsp3) is 0.353. The molecule has 8 nitrogen and oxygen atoms in total. The van der Waals surface area contributed by atoms with Crippen LogP contribution in [0, 0.1) is 0 Å². The lowest BCUT2D eigenvalue weighted by molar-refractivity contribution is -0.127. The first-order valence-corrected chi connectivity index (χ1v) is 11.0. The first-order chi connectivity index (χ1) is 12.9. The maximum absolute atomic E-state index is 12.8. The maximum Gasteiger partial charge on any atom is 0.256 e. The van der Waals surface area contributed by atoms with Gasteiger partial charge in [-0.3, -0.25) is 4.79 Å². The number of carbonyl (C=O) groups excluding carboxylic acids is 1. The number of fused-ring (bicyclic) bond motifs is 1. The summed E-state index contributed by atoms with van der Waals surface area (Å²) in [5.74, 6) is 1.17. The number of hydrogen-bond acceptors (Lipinski definition) is 6. The smallest absolute Gasteiger partial charge is 0.256 e. The van der Waals surface area contributed by atoms with Crippen LogP contribution in [0.3, 0.4) is 0 Å². The van der Waals surface area contributed by atoms with Crippen molar-refractivity contribution in [3.05, 3.63) is 46.7 Å². The van der Waals surface area contributed by atoms with Gasteiger partial charge in [0.15, 0.2) is 0 Å². The Balaban J connectivity index is 1.41. The number of aromatic nitrogens is 1. The van der Waals surface area contributed by atoms with E-state index in [1.807, 2.05) is 17.0 Å². The van der Waals surface area contributed by atoms with Gasteiger partial charge in [0.1, 0.15) is 11.7 Å². The van der Waals surface area contributed by atoms with Gasteiger partial charge in [0.25, 0.3) is 15.9 Å². The van der Waals surface area contributed by atoms with Crippen molar-refractivity contribution in [3.8, 4) is 0 Å². The quantitative estimate of drug-likeness (QED) is 0.666. The molecule has 0 spiro atoms. The molecule has 1 aromatic heterocycles. The molecule has 0 atom stereocenters. The molecule has 10 heteroatoms. The molecular formula is C17H18BrN5O3S. The van der Waals surface area contributed by atoms with Crippen LogP contribution < -0.4 is 4.90 Å². The molecule has 1 saturated heterocycles. The summed E-state index contributed by atoms with van der Waals surface area (Å²) in [5.41, 5.74) is 0.545. The number of amidine groups is 1. The van der Waals surface area contributed by atoms with Crippen LogP contribution in [0.25, 0.3) is 0 Å². The lowest BCUT2D eigenvalue weighted by atomic mass is 10.1. The Morgan fingerprint density at radius 3 is 2.56 bits per heavy atom. The van der Waals surface area contributed by atoms with Gasteiger partial charge in [-0.05, 0) is 40.2 Å². The highest BCUT2D eigenvalue weighted by Gasteiger charge is 2.28. The van der Waals surface area contributed by atoms with E-state index in [1.165, 1.54) is 0 Å². The summed E-state index contributed by atoms with van der Waals surface area (Å²) < 4.78 is 27.8. The van der Waals surface area contributed by atoms with Crippen molar-refractivity contribution in [2.75, 3.05) is 43.4 Å². The number of sulfonamides is 1. The normalized spacial score (nSPS) is 21.4. The minimum atomic E-state index is -3.39. The molecule has 4 heterocycles. The molecular weight excluding hydrogens is 434 g/mol. The summed E-state index contributed by atoms with van der Waals surface area (Å²) in [7, 11) is -3.39. The standard InChI is InChI=1S/C17H18BrN5O3S/c18-14-2-4-15(19-11-14)21-5-7-22(8-6-21)17(24)13-1-3-16-20-27(25,26)10-9-23(16)12-13/h1-4,11-12H,5-10H2. The average Bonchev–Trinajstić information content (AvgIpc) is 2.67. The highest BCUT2D eigenvalue weighted by Crippen LogP contribution is 2.20. The highest BCUT2D eigenvalue weighted by atomic mass is 79.9. The molecule has 3 aliphatic heterocycles. The van der Waals surface area contributed by atoms with Crippen LogP contribution in [-0.4, -0.2) is 73.4 Å². The Morgan fingerprint density at radius 2 is 1.85 bits per heavy atom. The van der Waals surface area contributed by atoms with E-state index < -0.39 is 10.0 Å². The molecule has 0 aliphatic carbocycles. The number of anilines is 1. The van der Waals surface area contributed by atoms with Crippen LogP contribution in [0.1, 0.15) is 0 Å². The lowest BCUT2D eigenvalue weighted by Crippen LogP contribution is -2.49. The first-order valence-electron chi connectivity index (χ1n) is 8.56. The van der Waals surface area contributed by atoms with E-state index in [0.29, 0.717) is 44.1 Å². The van der Waals surface area contributed by atoms with Crippen LogP contribution in [0.2, 0.25) is 0 Å². The number of halogens is 1. The number of piperazine rings is 1. The van der Waals surface area contributed by atoms with E-state index in [1.54, 1.807) is 29.4 Å². The molecule has 27 heavy (non-hydrogen) atoms. The second-order valence-corrected chi connectivity index (χ2v) is 9.13. The molecule has 1 fully saturated rings. The highest BCUT2D eigenvalue weighted by molar-refractivity contribution is 9.10. The zero-order valence-electron chi connectivity index (χ0n) is 14.5. The molecule has 0 N–H and O–H groups in total. The Morgan fingerprint density at radius 1 is 1.07 bits per heavy atom. The molecule has 142 valence electrons. The number of rotatable bonds is 2. The second kappa shape index (κ2) is 7.08. The monoisotopic (exact) mass is 451 g/mol. The van der Waals surface area contributed by atoms with E-state index in [4.69, 9.17) is 0 Å². The van der Waals surface area contributed by atoms with Crippen molar-refractivity contribution < 1.29 is 13.2 Å². The van der Waals surface area contributed by atoms with Crippen LogP contribution in [0.15, 0.2) is 51.1 Å². The van der Waals surface area contributed by atoms with E-state index in [2.05, 4.69) is 30.2 Å². The van der Waals surface area contributed by atoms with Gasteiger partial charge in [-0.1, -0.05) is 0 Å². The van der Waals surface area contributed by atoms with Crippen LogP contribution in [0.4, 0.5) is 5.82 Å². The van der Waals surface area contributed by atoms with Crippen molar-refractivity contribution >= 4 is 43.5 Å². The summed E-state index contributed by atoms with van der Waals surface area (Å²) in [6.45, 7) is 2.96. The zero-order valence-corrected chi connectivity index (χ0v) is 16.9. The maximum atomic E-state index is 12.8. The molecule has 1 aromatic rings. The Hall–Kier alpha value is -2.20. The van der Waals surface area contributed by atoms with E-state index in [0.717, 1.165) is 10.3 Å². The molecule has 0 aromatic carbocycles. The van der Waals surface area contributed by atoms with Crippen molar-refractivity contribution in [3.63, 3.8) is 0 Å². The summed E-state index contributed by atoms with van der Waals surface area (Å²) in [4.78, 5) is 22.9. The predicted molar refractivity (Wildman–Crippen MR) is 106 cm³/mol. The average molecular weight is 452 g/mol. The fourth-order valence-corrected chi connectivity index (χ4v) is 4.41. The summed E-state index contributed by atoms with van der Waals surface area (Å²) in [6.07, 6.45) is 6.69. The minimum absolute atomic E-state index is 0.0405. The first kappa shape index (κ1) is 18.2. The van der Waals surface area contributed by atoms with Crippen LogP contribution in [-0.2, 0) is 14.8 Å². The minimum Gasteiger partial charge on any atom is -0.353 e. The van der Waals surface area contributed by atoms with Gasteiger partial charge >= 0.3 is 0 Å². The lowest BCUT2D eigenvalue weighted by Gasteiger charge is -2.36. The third-order valence-corrected chi connectivity index (χ3v) is 6.31. The number of nitrogens with zero attached hydrogens (tertiary/aromatic N) is 5. The van der Waals surface area contributed by atoms with Crippen molar-refractivity contribution in [2.24, 2.45) is 4.40 Å².